The first-order chi connectivity index (χ1) is 14.7. The molecule has 1 amide bonds. The van der Waals surface area contributed by atoms with Gasteiger partial charge in [-0.25, -0.2) is 8.42 Å². The molecule has 1 aromatic carbocycles. The van der Waals surface area contributed by atoms with E-state index in [2.05, 4.69) is 4.90 Å². The number of fused-ring (bicyclic) bond motifs is 1. The number of benzene rings is 1. The molecule has 0 radical (unpaired) electrons. The number of nitrogens with one attached hydrogen (secondary N) is 1. The van der Waals surface area contributed by atoms with Gasteiger partial charge in [0.25, 0.3) is 0 Å². The van der Waals surface area contributed by atoms with Crippen LogP contribution in [0, 0.1) is 11.3 Å². The average Bonchev–Trinajstić information content (AvgIpc) is 2.75. The minimum atomic E-state index is -3.66. The summed E-state index contributed by atoms with van der Waals surface area (Å²) in [6.45, 7) is 4.85. The summed E-state index contributed by atoms with van der Waals surface area (Å²) < 4.78 is 27.7. The number of rotatable bonds is 4. The van der Waals surface area contributed by atoms with Crippen molar-refractivity contribution in [2.75, 3.05) is 39.3 Å². The Morgan fingerprint density at radius 1 is 1.16 bits per heavy atom. The zero-order chi connectivity index (χ0) is 22.2. The Hall–Kier alpha value is -1.61. The molecule has 0 bridgehead atoms. The topological polar surface area (TPSA) is 84.8 Å². The number of sulfonamides is 1. The maximum absolute atomic E-state index is 13.2. The summed E-state index contributed by atoms with van der Waals surface area (Å²) in [7, 11) is -3.66. The van der Waals surface area contributed by atoms with Gasteiger partial charge in [0.2, 0.25) is 15.9 Å². The maximum atomic E-state index is 13.2. The molecule has 176 valence electrons. The number of aryl methyl sites for hydroxylation is 1. The molecule has 0 aromatic heterocycles. The minimum Gasteiger partial charge on any atom is -0.361 e. The number of hydrogen-bond donors (Lipinski definition) is 1. The van der Waals surface area contributed by atoms with Crippen LogP contribution in [0.3, 0.4) is 0 Å². The number of carbonyl (C=O) groups excluding carboxylic acids is 1. The molecule has 7 nitrogen and oxygen atoms in total. The largest absolute Gasteiger partial charge is 0.361 e. The average molecular weight is 501 g/mol. The highest BCUT2D eigenvalue weighted by atomic mass is 35.5. The molecule has 1 aromatic rings. The summed E-state index contributed by atoms with van der Waals surface area (Å²) in [5, 5.41) is 8.39. The van der Waals surface area contributed by atoms with Crippen molar-refractivity contribution in [2.45, 2.75) is 32.6 Å². The third-order valence-electron chi connectivity index (χ3n) is 6.58. The van der Waals surface area contributed by atoms with Crippen molar-refractivity contribution in [3.63, 3.8) is 0 Å². The van der Waals surface area contributed by atoms with Crippen molar-refractivity contribution in [2.24, 2.45) is 5.92 Å². The number of piperidine rings is 1. The summed E-state index contributed by atoms with van der Waals surface area (Å²) in [6.07, 6.45) is 4.69. The van der Waals surface area contributed by atoms with E-state index in [9.17, 15) is 13.2 Å². The van der Waals surface area contributed by atoms with Gasteiger partial charge in [-0.05, 0) is 67.9 Å². The second-order valence-corrected chi connectivity index (χ2v) is 11.1. The lowest BCUT2D eigenvalue weighted by Gasteiger charge is -2.38. The van der Waals surface area contributed by atoms with Gasteiger partial charge in [-0.2, -0.15) is 4.31 Å². The van der Waals surface area contributed by atoms with E-state index in [0.717, 1.165) is 37.1 Å². The fraction of sp³-hybridized carbons (Fsp3) is 0.545. The zero-order valence-corrected chi connectivity index (χ0v) is 20.6. The van der Waals surface area contributed by atoms with Gasteiger partial charge in [0.05, 0.1) is 17.3 Å². The summed E-state index contributed by atoms with van der Waals surface area (Å²) in [5.41, 5.74) is 1.93. The number of carbonyl (C=O) groups is 1. The number of hydrogen-bond acceptors (Lipinski definition) is 4. The van der Waals surface area contributed by atoms with Crippen molar-refractivity contribution >= 4 is 51.9 Å². The predicted octanol–water partition coefficient (Wildman–Crippen LogP) is 3.23. The monoisotopic (exact) mass is 500 g/mol. The number of amides is 1. The standard InChI is InChI=1S/C22H29ClN4O3S.ClH/c1-16(24)25-8-6-17(7-9-25)14-26-10-11-27(15-22(26)28)31(29,30)21-5-3-18-12-20(23)4-2-19(18)13-21;/h2,4,12-13,17,24H,3,5-11,14-15H2,1H3;1H. The molecule has 4 rings (SSSR count). The second kappa shape index (κ2) is 10.1. The summed E-state index contributed by atoms with van der Waals surface area (Å²) in [6, 6.07) is 5.50. The molecule has 1 N–H and O–H groups in total. The molecule has 32 heavy (non-hydrogen) atoms. The van der Waals surface area contributed by atoms with Gasteiger partial charge < -0.3 is 9.80 Å². The smallest absolute Gasteiger partial charge is 0.239 e. The number of nitrogens with zero attached hydrogens (tertiary/aromatic N) is 3. The van der Waals surface area contributed by atoms with Crippen molar-refractivity contribution in [1.29, 1.82) is 5.41 Å². The Labute approximate surface area is 201 Å². The molecule has 0 saturated carbocycles. The van der Waals surface area contributed by atoms with E-state index in [1.165, 1.54) is 4.31 Å². The van der Waals surface area contributed by atoms with Crippen molar-refractivity contribution in [3.8, 4) is 0 Å². The SMILES string of the molecule is CC(=N)N1CCC(CN2CCN(S(=O)(=O)C3=Cc4ccc(Cl)cc4CC3)CC2=O)CC1.Cl. The number of allylic oxidation sites excluding steroid dienone is 1. The van der Waals surface area contributed by atoms with Crippen LogP contribution in [0.15, 0.2) is 23.1 Å². The van der Waals surface area contributed by atoms with E-state index in [-0.39, 0.29) is 24.9 Å². The van der Waals surface area contributed by atoms with Crippen LogP contribution in [0.4, 0.5) is 0 Å². The quantitative estimate of drug-likeness (QED) is 0.507. The highest BCUT2D eigenvalue weighted by molar-refractivity contribution is 7.93. The fourth-order valence-corrected chi connectivity index (χ4v) is 6.42. The minimum absolute atomic E-state index is 0. The van der Waals surface area contributed by atoms with Crippen LogP contribution >= 0.6 is 24.0 Å². The molecule has 2 heterocycles. The number of amidine groups is 1. The Morgan fingerprint density at radius 3 is 2.53 bits per heavy atom. The molecule has 0 unspecified atom stereocenters. The Bertz CT molecular complexity index is 1020. The molecule has 2 aliphatic heterocycles. The van der Waals surface area contributed by atoms with E-state index >= 15 is 0 Å². The highest BCUT2D eigenvalue weighted by Gasteiger charge is 2.35. The van der Waals surface area contributed by atoms with Gasteiger partial charge in [0, 0.05) is 37.7 Å². The van der Waals surface area contributed by atoms with Crippen LogP contribution in [-0.4, -0.2) is 73.5 Å². The van der Waals surface area contributed by atoms with Gasteiger partial charge >= 0.3 is 0 Å². The van der Waals surface area contributed by atoms with E-state index in [1.807, 2.05) is 17.0 Å². The van der Waals surface area contributed by atoms with Gasteiger partial charge in [-0.3, -0.25) is 10.2 Å². The summed E-state index contributed by atoms with van der Waals surface area (Å²) in [4.78, 5) is 17.0. The third kappa shape index (κ3) is 5.30. The molecule has 0 atom stereocenters. The first kappa shape index (κ1) is 25.0. The molecule has 3 aliphatic rings. The first-order valence-corrected chi connectivity index (χ1v) is 12.6. The van der Waals surface area contributed by atoms with E-state index in [0.29, 0.717) is 54.2 Å². The van der Waals surface area contributed by atoms with Crippen LogP contribution in [0.1, 0.15) is 37.3 Å². The Kier molecular flexibility index (Phi) is 7.91. The van der Waals surface area contributed by atoms with Gasteiger partial charge in [-0.1, -0.05) is 17.7 Å². The van der Waals surface area contributed by atoms with Gasteiger partial charge in [0.1, 0.15) is 0 Å². The van der Waals surface area contributed by atoms with Crippen LogP contribution in [0.25, 0.3) is 6.08 Å². The Balaban J connectivity index is 0.00000289. The van der Waals surface area contributed by atoms with Crippen LogP contribution < -0.4 is 0 Å². The van der Waals surface area contributed by atoms with Crippen molar-refractivity contribution < 1.29 is 13.2 Å². The molecule has 1 aliphatic carbocycles. The fourth-order valence-electron chi connectivity index (χ4n) is 4.65. The molecule has 2 saturated heterocycles. The number of halogens is 2. The number of likely N-dealkylation sites (tertiary alicyclic amines) is 1. The molecule has 2 fully saturated rings. The van der Waals surface area contributed by atoms with Crippen LogP contribution in [-0.2, 0) is 21.2 Å². The lowest BCUT2D eigenvalue weighted by atomic mass is 9.96. The normalized spacial score (nSPS) is 20.4. The second-order valence-electron chi connectivity index (χ2n) is 8.65. The van der Waals surface area contributed by atoms with Gasteiger partial charge in [-0.15, -0.1) is 12.4 Å². The van der Waals surface area contributed by atoms with Crippen molar-refractivity contribution in [3.05, 3.63) is 39.3 Å². The highest BCUT2D eigenvalue weighted by Crippen LogP contribution is 2.31. The lowest BCUT2D eigenvalue weighted by Crippen LogP contribution is -2.54. The van der Waals surface area contributed by atoms with E-state index in [4.69, 9.17) is 17.0 Å². The zero-order valence-electron chi connectivity index (χ0n) is 18.2. The first-order valence-electron chi connectivity index (χ1n) is 10.8. The molecular formula is C22H30Cl2N4O3S. The van der Waals surface area contributed by atoms with E-state index < -0.39 is 10.0 Å². The van der Waals surface area contributed by atoms with Crippen LogP contribution in [0.2, 0.25) is 5.02 Å². The summed E-state index contributed by atoms with van der Waals surface area (Å²) >= 11 is 6.04. The molecular weight excluding hydrogens is 471 g/mol. The molecule has 0 spiro atoms. The maximum Gasteiger partial charge on any atom is 0.239 e. The van der Waals surface area contributed by atoms with Gasteiger partial charge in [0.15, 0.2) is 0 Å². The third-order valence-corrected chi connectivity index (χ3v) is 8.80. The molecule has 10 heteroatoms. The van der Waals surface area contributed by atoms with Crippen LogP contribution in [0.5, 0.6) is 0 Å². The predicted molar refractivity (Wildman–Crippen MR) is 130 cm³/mol. The lowest BCUT2D eigenvalue weighted by molar-refractivity contribution is -0.134. The van der Waals surface area contributed by atoms with Crippen molar-refractivity contribution in [1.82, 2.24) is 14.1 Å². The summed E-state index contributed by atoms with van der Waals surface area (Å²) in [5.74, 6) is 0.882. The number of piperazine rings is 1. The Morgan fingerprint density at radius 2 is 1.88 bits per heavy atom. The van der Waals surface area contributed by atoms with E-state index in [1.54, 1.807) is 19.1 Å².